The minimum atomic E-state index is -0.938. The molecule has 0 saturated carbocycles. The quantitative estimate of drug-likeness (QED) is 0.592. The van der Waals surface area contributed by atoms with E-state index in [0.29, 0.717) is 13.0 Å². The first-order valence-corrected chi connectivity index (χ1v) is 7.20. The summed E-state index contributed by atoms with van der Waals surface area (Å²) in [4.78, 5) is 11.5. The second-order valence-corrected chi connectivity index (χ2v) is 5.46. The van der Waals surface area contributed by atoms with E-state index in [9.17, 15) is 4.79 Å². The van der Waals surface area contributed by atoms with E-state index < -0.39 is 5.79 Å². The van der Waals surface area contributed by atoms with Crippen molar-refractivity contribution in [3.8, 4) is 0 Å². The summed E-state index contributed by atoms with van der Waals surface area (Å²) >= 11 is 0. The fourth-order valence-corrected chi connectivity index (χ4v) is 2.44. The number of hydrogen-bond acceptors (Lipinski definition) is 4. The van der Waals surface area contributed by atoms with Crippen LogP contribution in [0, 0.1) is 6.92 Å². The lowest BCUT2D eigenvalue weighted by Crippen LogP contribution is -2.34. The summed E-state index contributed by atoms with van der Waals surface area (Å²) in [7, 11) is 0. The molecule has 0 N–H and O–H groups in total. The Morgan fingerprint density at radius 3 is 2.71 bits per heavy atom. The third-order valence-electron chi connectivity index (χ3n) is 3.54. The first-order chi connectivity index (χ1) is 9.95. The van der Waals surface area contributed by atoms with Crippen LogP contribution >= 0.6 is 0 Å². The second kappa shape index (κ2) is 6.31. The van der Waals surface area contributed by atoms with Crippen molar-refractivity contribution >= 4 is 5.97 Å². The molecule has 1 atom stereocenters. The van der Waals surface area contributed by atoms with Crippen molar-refractivity contribution in [1.82, 2.24) is 0 Å². The third-order valence-corrected chi connectivity index (χ3v) is 3.54. The minimum Gasteiger partial charge on any atom is -0.469 e. The van der Waals surface area contributed by atoms with Crippen molar-refractivity contribution in [2.24, 2.45) is 0 Å². The lowest BCUT2D eigenvalue weighted by molar-refractivity contribution is -0.198. The number of esters is 1. The number of aryl methyl sites for hydroxylation is 1. The normalized spacial score (nSPS) is 22.4. The Kier molecular flexibility index (Phi) is 4.68. The van der Waals surface area contributed by atoms with Gasteiger partial charge in [-0.1, -0.05) is 11.6 Å². The van der Waals surface area contributed by atoms with Crippen LogP contribution in [0.15, 0.2) is 40.0 Å². The molecule has 21 heavy (non-hydrogen) atoms. The van der Waals surface area contributed by atoms with E-state index in [1.54, 1.807) is 6.26 Å². The Morgan fingerprint density at radius 2 is 2.19 bits per heavy atom. The van der Waals surface area contributed by atoms with Gasteiger partial charge in [0, 0.05) is 31.1 Å². The Hall–Kier alpha value is -1.81. The molecule has 0 amide bonds. The summed E-state index contributed by atoms with van der Waals surface area (Å²) in [5.74, 6) is -0.345. The highest BCUT2D eigenvalue weighted by molar-refractivity contribution is 5.86. The van der Waals surface area contributed by atoms with Crippen LogP contribution in [0.1, 0.15) is 38.5 Å². The molecule has 0 spiro atoms. The highest BCUT2D eigenvalue weighted by atomic mass is 16.7. The number of ether oxygens (including phenoxy) is 2. The number of furan rings is 1. The molecule has 1 aliphatic heterocycles. The van der Waals surface area contributed by atoms with E-state index in [1.807, 2.05) is 39.8 Å². The summed E-state index contributed by atoms with van der Waals surface area (Å²) in [6, 6.07) is 2.02. The van der Waals surface area contributed by atoms with Crippen molar-refractivity contribution in [1.29, 1.82) is 0 Å². The zero-order chi connectivity index (χ0) is 15.5. The maximum absolute atomic E-state index is 11.5. The molecule has 0 bridgehead atoms. The van der Waals surface area contributed by atoms with Gasteiger partial charge in [-0.2, -0.15) is 0 Å². The molecule has 0 aromatic carbocycles. The SMILES string of the molecule is CCOC1(CC=C(C)Cc2cc(C)co2)OC(=O)C=C1C. The van der Waals surface area contributed by atoms with Crippen molar-refractivity contribution in [3.05, 3.63) is 47.0 Å². The van der Waals surface area contributed by atoms with E-state index in [-0.39, 0.29) is 5.97 Å². The molecule has 0 aliphatic carbocycles. The summed E-state index contributed by atoms with van der Waals surface area (Å²) in [6.45, 7) is 8.28. The van der Waals surface area contributed by atoms with E-state index in [0.717, 1.165) is 28.9 Å². The smallest absolute Gasteiger partial charge is 0.333 e. The standard InChI is InChI=1S/C17H22O4/c1-5-20-17(14(4)10-16(18)21-17)7-6-12(2)8-15-9-13(3)11-19-15/h6,9-11H,5,7-8H2,1-4H3. The first kappa shape index (κ1) is 15.6. The molecule has 4 heteroatoms. The van der Waals surface area contributed by atoms with Crippen molar-refractivity contribution in [2.45, 2.75) is 46.3 Å². The monoisotopic (exact) mass is 290 g/mol. The van der Waals surface area contributed by atoms with Crippen LogP contribution in [0.2, 0.25) is 0 Å². The molecule has 1 aromatic rings. The van der Waals surface area contributed by atoms with E-state index in [4.69, 9.17) is 13.9 Å². The third kappa shape index (κ3) is 3.64. The molecule has 0 saturated heterocycles. The van der Waals surface area contributed by atoms with Crippen LogP contribution in [-0.4, -0.2) is 18.4 Å². The zero-order valence-electron chi connectivity index (χ0n) is 13.1. The lowest BCUT2D eigenvalue weighted by Gasteiger charge is -2.28. The Balaban J connectivity index is 2.06. The molecule has 1 aromatic heterocycles. The van der Waals surface area contributed by atoms with Gasteiger partial charge in [0.25, 0.3) is 0 Å². The van der Waals surface area contributed by atoms with Crippen LogP contribution in [0.3, 0.4) is 0 Å². The largest absolute Gasteiger partial charge is 0.469 e. The van der Waals surface area contributed by atoms with Crippen LogP contribution in [0.25, 0.3) is 0 Å². The van der Waals surface area contributed by atoms with Crippen molar-refractivity contribution < 1.29 is 18.7 Å². The summed E-state index contributed by atoms with van der Waals surface area (Å²) in [6.07, 6.45) is 6.54. The van der Waals surface area contributed by atoms with Gasteiger partial charge < -0.3 is 13.9 Å². The van der Waals surface area contributed by atoms with Gasteiger partial charge in [0.2, 0.25) is 5.79 Å². The molecular formula is C17H22O4. The van der Waals surface area contributed by atoms with Gasteiger partial charge >= 0.3 is 5.97 Å². The average Bonchev–Trinajstić information content (AvgIpc) is 2.92. The van der Waals surface area contributed by atoms with Gasteiger partial charge in [0.15, 0.2) is 0 Å². The number of carbonyl (C=O) groups is 1. The maximum Gasteiger partial charge on any atom is 0.333 e. The van der Waals surface area contributed by atoms with Crippen LogP contribution in [0.4, 0.5) is 0 Å². The average molecular weight is 290 g/mol. The predicted octanol–water partition coefficient (Wildman–Crippen LogP) is 3.70. The fourth-order valence-electron chi connectivity index (χ4n) is 2.44. The summed E-state index contributed by atoms with van der Waals surface area (Å²) in [5.41, 5.74) is 3.08. The number of cyclic esters (lactones) is 1. The predicted molar refractivity (Wildman–Crippen MR) is 79.7 cm³/mol. The molecule has 0 radical (unpaired) electrons. The molecule has 114 valence electrons. The Labute approximate surface area is 125 Å². The Morgan fingerprint density at radius 1 is 1.43 bits per heavy atom. The zero-order valence-corrected chi connectivity index (χ0v) is 13.1. The molecule has 1 unspecified atom stereocenters. The van der Waals surface area contributed by atoms with Gasteiger partial charge in [-0.3, -0.25) is 0 Å². The van der Waals surface area contributed by atoms with E-state index in [1.165, 1.54) is 6.08 Å². The summed E-state index contributed by atoms with van der Waals surface area (Å²) in [5, 5.41) is 0. The number of rotatable bonds is 6. The van der Waals surface area contributed by atoms with E-state index in [2.05, 4.69) is 0 Å². The molecule has 2 heterocycles. The maximum atomic E-state index is 11.5. The topological polar surface area (TPSA) is 48.7 Å². The molecule has 4 nitrogen and oxygen atoms in total. The number of hydrogen-bond donors (Lipinski definition) is 0. The minimum absolute atomic E-state index is 0.339. The fraction of sp³-hybridized carbons (Fsp3) is 0.471. The van der Waals surface area contributed by atoms with Crippen molar-refractivity contribution in [2.75, 3.05) is 6.61 Å². The van der Waals surface area contributed by atoms with Gasteiger partial charge in [0.1, 0.15) is 5.76 Å². The molecule has 0 fully saturated rings. The van der Waals surface area contributed by atoms with Crippen LogP contribution in [0.5, 0.6) is 0 Å². The van der Waals surface area contributed by atoms with Gasteiger partial charge in [-0.15, -0.1) is 0 Å². The molecule has 2 rings (SSSR count). The number of carbonyl (C=O) groups excluding carboxylic acids is 1. The Bertz CT molecular complexity index is 579. The number of allylic oxidation sites excluding steroid dienone is 1. The van der Waals surface area contributed by atoms with E-state index >= 15 is 0 Å². The highest BCUT2D eigenvalue weighted by Gasteiger charge is 2.40. The summed E-state index contributed by atoms with van der Waals surface area (Å²) < 4.78 is 16.5. The van der Waals surface area contributed by atoms with Crippen molar-refractivity contribution in [3.63, 3.8) is 0 Å². The van der Waals surface area contributed by atoms with Gasteiger partial charge in [-0.05, 0) is 39.3 Å². The van der Waals surface area contributed by atoms with Gasteiger partial charge in [-0.25, -0.2) is 4.79 Å². The second-order valence-electron chi connectivity index (χ2n) is 5.46. The van der Waals surface area contributed by atoms with Gasteiger partial charge in [0.05, 0.1) is 6.26 Å². The molecular weight excluding hydrogens is 268 g/mol. The highest BCUT2D eigenvalue weighted by Crippen LogP contribution is 2.33. The first-order valence-electron chi connectivity index (χ1n) is 7.20. The van der Waals surface area contributed by atoms with Crippen LogP contribution < -0.4 is 0 Å². The lowest BCUT2D eigenvalue weighted by atomic mass is 10.0. The molecule has 1 aliphatic rings. The van der Waals surface area contributed by atoms with Crippen LogP contribution in [-0.2, 0) is 20.7 Å².